The number of thiocarbonyl (C=S) groups is 1. The number of quaternary nitrogens is 1. The summed E-state index contributed by atoms with van der Waals surface area (Å²) in [4.78, 5) is 70.6. The molecule has 386 valence electrons. The normalized spacial score (nSPS) is 9.92. The molecule has 4 N–H and O–H groups in total. The number of esters is 3. The third-order valence-electron chi connectivity index (χ3n) is 10.4. The third-order valence-corrected chi connectivity index (χ3v) is 10.7. The van der Waals surface area contributed by atoms with Crippen molar-refractivity contribution in [2.45, 2.75) is 78.1 Å². The van der Waals surface area contributed by atoms with Crippen LogP contribution < -0.4 is 18.1 Å². The highest BCUT2D eigenvalue weighted by molar-refractivity contribution is 7.78. The van der Waals surface area contributed by atoms with Crippen molar-refractivity contribution in [1.82, 2.24) is 0 Å². The number of hydrogen-bond acceptors (Lipinski definition) is 11. The van der Waals surface area contributed by atoms with Crippen molar-refractivity contribution in [2.75, 3.05) is 33.0 Å². The molecule has 6 rings (SSSR count). The molecule has 0 atom stereocenters. The molecule has 0 saturated heterocycles. The number of benzene rings is 6. The average molecular weight is 1030 g/mol. The molecule has 0 unspecified atom stereocenters. The van der Waals surface area contributed by atoms with Gasteiger partial charge in [0.2, 0.25) is 0 Å². The Morgan fingerprint density at radius 3 is 1.00 bits per heavy atom. The molecule has 6 aromatic rings. The minimum atomic E-state index is -0.349. The van der Waals surface area contributed by atoms with Gasteiger partial charge >= 0.3 is 17.9 Å². The Morgan fingerprint density at radius 2 is 0.726 bits per heavy atom. The Hall–Kier alpha value is -6.96. The molecule has 13 heteroatoms. The highest BCUT2D eigenvalue weighted by atomic mass is 35.5. The van der Waals surface area contributed by atoms with Gasteiger partial charge in [-0.05, 0) is 64.4 Å². The molecule has 0 amide bonds. The molecule has 11 nitrogen and oxygen atoms in total. The summed E-state index contributed by atoms with van der Waals surface area (Å²) in [6.45, 7) is 5.80. The fraction of sp³-hybridized carbons (Fsp3) is 0.283. The summed E-state index contributed by atoms with van der Waals surface area (Å²) in [5, 5.41) is 9.50. The summed E-state index contributed by atoms with van der Waals surface area (Å²) in [7, 11) is 0. The molecule has 0 aliphatic rings. The summed E-state index contributed by atoms with van der Waals surface area (Å²) in [6, 6.07) is 52.3. The minimum Gasteiger partial charge on any atom is -1.00 e. The lowest BCUT2D eigenvalue weighted by atomic mass is 10.0. The number of carbonyl (C=O) groups excluding carboxylic acids is 6. The van der Waals surface area contributed by atoms with Crippen molar-refractivity contribution in [3.8, 4) is 33.4 Å². The Kier molecular flexibility index (Phi) is 32.2. The van der Waals surface area contributed by atoms with E-state index in [1.807, 2.05) is 153 Å². The van der Waals surface area contributed by atoms with Crippen molar-refractivity contribution in [2.24, 2.45) is 0 Å². The smallest absolute Gasteiger partial charge is 0.306 e. The zero-order chi connectivity index (χ0) is 52.2. The second kappa shape index (κ2) is 37.8. The second-order valence-corrected chi connectivity index (χ2v) is 16.5. The van der Waals surface area contributed by atoms with Crippen molar-refractivity contribution < 1.29 is 66.2 Å². The fourth-order valence-corrected chi connectivity index (χ4v) is 6.66. The number of ether oxygens (including phenoxy) is 3. The van der Waals surface area contributed by atoms with E-state index < -0.39 is 0 Å². The zero-order valence-electron chi connectivity index (χ0n) is 41.9. The Labute approximate surface area is 441 Å². The predicted octanol–water partition coefficient (Wildman–Crippen LogP) is 8.40. The van der Waals surface area contributed by atoms with Gasteiger partial charge in [-0.2, -0.15) is 0 Å². The molecule has 0 fully saturated rings. The number of aliphatic hydroxyl groups excluding tert-OH is 1. The lowest BCUT2D eigenvalue weighted by molar-refractivity contribution is -0.372. The quantitative estimate of drug-likeness (QED) is 0.0196. The fourth-order valence-electron chi connectivity index (χ4n) is 6.49. The van der Waals surface area contributed by atoms with Crippen molar-refractivity contribution in [1.29, 1.82) is 0 Å². The topological polar surface area (TPSA) is 178 Å². The largest absolute Gasteiger partial charge is 1.00 e. The zero-order valence-corrected chi connectivity index (χ0v) is 43.5. The van der Waals surface area contributed by atoms with E-state index in [1.54, 1.807) is 29.6 Å². The molecule has 6 aromatic carbocycles. The van der Waals surface area contributed by atoms with E-state index in [4.69, 9.17) is 31.5 Å². The molecule has 0 saturated carbocycles. The van der Waals surface area contributed by atoms with Crippen LogP contribution in [0.25, 0.3) is 33.4 Å². The number of Topliss-reactive ketones (excluding diaryl/α,β-unsaturated/α-hetero) is 3. The molecule has 0 heterocycles. The van der Waals surface area contributed by atoms with E-state index in [9.17, 15) is 28.8 Å². The lowest BCUT2D eigenvalue weighted by Gasteiger charge is -2.05. The van der Waals surface area contributed by atoms with Gasteiger partial charge in [-0.1, -0.05) is 190 Å². The number of hydrogen-bond donors (Lipinski definition) is 2. The van der Waals surface area contributed by atoms with Gasteiger partial charge in [0.05, 0.1) is 32.5 Å². The number of aliphatic hydroxyl groups is 1. The molecule has 0 aliphatic carbocycles. The number of rotatable bonds is 24. The summed E-state index contributed by atoms with van der Waals surface area (Å²) >= 11 is 4.70. The van der Waals surface area contributed by atoms with Crippen molar-refractivity contribution in [3.05, 3.63) is 180 Å². The van der Waals surface area contributed by atoms with Crippen LogP contribution in [0.5, 0.6) is 0 Å². The van der Waals surface area contributed by atoms with Gasteiger partial charge < -0.3 is 37.5 Å². The van der Waals surface area contributed by atoms with E-state index >= 15 is 0 Å². The van der Waals surface area contributed by atoms with Crippen LogP contribution in [-0.4, -0.2) is 78.7 Å². The number of unbranched alkanes of at least 4 members (excludes halogenated alkanes) is 1. The van der Waals surface area contributed by atoms with Crippen LogP contribution in [0.4, 0.5) is 0 Å². The monoisotopic (exact) mass is 1030 g/mol. The van der Waals surface area contributed by atoms with Gasteiger partial charge in [0.25, 0.3) is 0 Å². The SMILES string of the molecule is CCCO.CCCOC(=O)CCC(=O)c1ccc(-c2ccccc2)cc1.O=C(CCC(=O)c1ccc(-c2ccccc2)cc1)OCCCC=S.[Cl-].[NH3+]CCOC(=O)CCC(=O)c1ccc(-c2ccccc2)cc1. The highest BCUT2D eigenvalue weighted by Crippen LogP contribution is 2.22. The second-order valence-electron chi connectivity index (χ2n) is 16.1. The molecule has 0 bridgehead atoms. The predicted molar refractivity (Wildman–Crippen MR) is 288 cm³/mol. The Bertz CT molecular complexity index is 2410. The van der Waals surface area contributed by atoms with Gasteiger partial charge in [-0.3, -0.25) is 28.8 Å². The first-order chi connectivity index (χ1) is 35.0. The van der Waals surface area contributed by atoms with Crippen LogP contribution in [0.15, 0.2) is 164 Å². The maximum Gasteiger partial charge on any atom is 0.306 e. The Balaban J connectivity index is 0.000000359. The van der Waals surface area contributed by atoms with Crippen LogP contribution >= 0.6 is 12.2 Å². The molecule has 0 aromatic heterocycles. The molecule has 0 spiro atoms. The summed E-state index contributed by atoms with van der Waals surface area (Å²) in [5.41, 5.74) is 12.0. The summed E-state index contributed by atoms with van der Waals surface area (Å²) < 4.78 is 14.9. The van der Waals surface area contributed by atoms with Gasteiger partial charge in [-0.15, -0.1) is 0 Å². The van der Waals surface area contributed by atoms with E-state index in [1.165, 1.54) is 0 Å². The summed E-state index contributed by atoms with van der Waals surface area (Å²) in [5.74, 6) is -1.13. The maximum atomic E-state index is 12.1. The molecule has 0 radical (unpaired) electrons. The van der Waals surface area contributed by atoms with Gasteiger partial charge in [0.1, 0.15) is 13.2 Å². The third kappa shape index (κ3) is 25.3. The Morgan fingerprint density at radius 1 is 0.438 bits per heavy atom. The van der Waals surface area contributed by atoms with Crippen LogP contribution in [0.2, 0.25) is 0 Å². The number of ketones is 3. The minimum absolute atomic E-state index is 0. The summed E-state index contributed by atoms with van der Waals surface area (Å²) in [6.07, 6.45) is 4.01. The van der Waals surface area contributed by atoms with E-state index in [2.05, 4.69) is 5.73 Å². The molecular formula is C60H68ClNO10S. The number of carbonyl (C=O) groups is 6. The maximum absolute atomic E-state index is 12.1. The van der Waals surface area contributed by atoms with E-state index in [0.29, 0.717) is 49.7 Å². The standard InChI is InChI=1S/C20H20O3S.C19H20O3.C18H19NO3.C3H8O.ClH/c21-19(12-13-20(22)23-14-4-5-15-24)18-10-8-17(9-11-18)16-6-2-1-3-7-16;1-2-14-22-19(21)13-12-18(20)17-10-8-16(9-11-17)15-6-4-3-5-7-15;19-12-13-22-18(21)11-10-17(20)16-8-6-15(7-9-16)14-4-2-1-3-5-14;1-2-3-4;/h1-3,6-11,15H,4-5,12-14H2;3-11H,2,12-14H2,1H3;1-9H,10-13,19H2;4H,2-3H2,1H3;1H. The average Bonchev–Trinajstić information content (AvgIpc) is 3.44. The highest BCUT2D eigenvalue weighted by Gasteiger charge is 2.13. The molecule has 0 aliphatic heterocycles. The van der Waals surface area contributed by atoms with Gasteiger partial charge in [0, 0.05) is 42.6 Å². The van der Waals surface area contributed by atoms with Gasteiger partial charge in [-0.25, -0.2) is 0 Å². The van der Waals surface area contributed by atoms with Gasteiger partial charge in [0.15, 0.2) is 17.3 Å². The van der Waals surface area contributed by atoms with Crippen LogP contribution in [-0.2, 0) is 28.6 Å². The first-order valence-electron chi connectivity index (χ1n) is 24.4. The van der Waals surface area contributed by atoms with Crippen LogP contribution in [0.1, 0.15) is 109 Å². The number of halogens is 1. The molecular weight excluding hydrogens is 962 g/mol. The van der Waals surface area contributed by atoms with Crippen molar-refractivity contribution >= 4 is 52.8 Å². The first-order valence-corrected chi connectivity index (χ1v) is 24.9. The van der Waals surface area contributed by atoms with Crippen LogP contribution in [0.3, 0.4) is 0 Å². The van der Waals surface area contributed by atoms with Crippen LogP contribution in [0, 0.1) is 0 Å². The van der Waals surface area contributed by atoms with E-state index in [0.717, 1.165) is 59.1 Å². The van der Waals surface area contributed by atoms with Crippen molar-refractivity contribution in [3.63, 3.8) is 0 Å². The first kappa shape index (κ1) is 62.2. The lowest BCUT2D eigenvalue weighted by Crippen LogP contribution is -3.00. The van der Waals surface area contributed by atoms with E-state index in [-0.39, 0.29) is 86.2 Å². The molecule has 73 heavy (non-hydrogen) atoms.